The number of hydrogen-bond donors (Lipinski definition) is 0. The normalized spacial score (nSPS) is 12.7. The fourth-order valence-corrected chi connectivity index (χ4v) is 18.5. The molecule has 4 heteroatoms. The molecule has 0 atom stereocenters. The van der Waals surface area contributed by atoms with Crippen molar-refractivity contribution in [2.75, 3.05) is 9.80 Å². The van der Waals surface area contributed by atoms with Crippen molar-refractivity contribution in [2.24, 2.45) is 0 Å². The fourth-order valence-electron chi connectivity index (χ4n) is 18.5. The number of para-hydroxylation sites is 2. The quantitative estimate of drug-likeness (QED) is 0.0944. The average Bonchev–Trinajstić information content (AvgIpc) is 0.713. The summed E-state index contributed by atoms with van der Waals surface area (Å²) >= 11 is 0. The lowest BCUT2D eigenvalue weighted by molar-refractivity contribution is 0.591. The molecule has 0 aliphatic carbocycles. The van der Waals surface area contributed by atoms with E-state index in [2.05, 4.69) is 432 Å². The maximum absolute atomic E-state index is 2.73. The summed E-state index contributed by atoms with van der Waals surface area (Å²) in [5.41, 5.74) is 34.3. The molecule has 0 N–H and O–H groups in total. The molecule has 18 aromatic carbocycles. The van der Waals surface area contributed by atoms with Gasteiger partial charge in [0.2, 0.25) is 0 Å². The van der Waals surface area contributed by atoms with Crippen LogP contribution in [0.2, 0.25) is 0 Å². The molecule has 19 aromatic rings. The molecule has 3 heterocycles. The van der Waals surface area contributed by atoms with E-state index in [0.717, 1.165) is 129 Å². The Kier molecular flexibility index (Phi) is 15.5. The minimum absolute atomic E-state index is 0.0865. The SMILES string of the molecule is CC(C)(C)c1cc2ccc3cc(C(C)(C)C)cc4c(-c5ccc6c(c5)B5c7cc(-c8ccccc8)ccc7N(c7c(-c8ccccc8)cc(-c8ccccc8)cc7-c7ccccc7)c7cc(-n8c9ccccc9c9ccccc98)cc(c75)N6c5c(-c6ccccc6)cc(-c6ccccc6)cc5-c5ccccc5)cc(c1)c2c34. The van der Waals surface area contributed by atoms with Gasteiger partial charge in [-0.3, -0.25) is 0 Å². The van der Waals surface area contributed by atoms with Crippen LogP contribution in [0, 0.1) is 0 Å². The van der Waals surface area contributed by atoms with E-state index in [-0.39, 0.29) is 17.5 Å². The van der Waals surface area contributed by atoms with Gasteiger partial charge in [0.05, 0.1) is 28.1 Å². The molecule has 0 saturated heterocycles. The van der Waals surface area contributed by atoms with Crippen LogP contribution < -0.4 is 26.2 Å². The predicted molar refractivity (Wildman–Crippen MR) is 479 cm³/mol. The van der Waals surface area contributed by atoms with Crippen LogP contribution in [0.25, 0.3) is 149 Å². The van der Waals surface area contributed by atoms with Crippen LogP contribution in [0.1, 0.15) is 52.7 Å². The van der Waals surface area contributed by atoms with E-state index in [1.807, 2.05) is 0 Å². The molecule has 112 heavy (non-hydrogen) atoms. The standard InChI is InChI=1S/C108H80BN3/c1-107(2,3)83-56-78-50-51-79-57-84(108(4,5)6)66-93-88(63-82(58-83)102(78)103(79)93)77-53-55-99-95(65-77)109-94-64-76(69-32-14-7-15-33-69)52-54-98(94)111(105-89(72-38-20-10-21-39-72)59-80(70-34-16-8-17-35-70)60-90(105)73-40-22-11-23-41-73)100-67-85(110-96-48-30-28-46-86(96)87-47-29-31-49-97(87)110)68-101(104(100)109)112(99)106-91(74-42-24-12-25-43-74)61-81(71-36-18-9-19-37-71)62-92(106)75-44-26-13-27-45-75/h7-68H,1-6H3. The van der Waals surface area contributed by atoms with Gasteiger partial charge >= 0.3 is 0 Å². The van der Waals surface area contributed by atoms with E-state index >= 15 is 0 Å². The first-order chi connectivity index (χ1) is 54.8. The lowest BCUT2D eigenvalue weighted by Gasteiger charge is -2.46. The summed E-state index contributed by atoms with van der Waals surface area (Å²) in [6.45, 7) is 13.8. The largest absolute Gasteiger partial charge is 0.310 e. The summed E-state index contributed by atoms with van der Waals surface area (Å²) in [7, 11) is 0. The lowest BCUT2D eigenvalue weighted by atomic mass is 9.33. The number of benzene rings is 18. The second kappa shape index (κ2) is 26.1. The molecule has 21 rings (SSSR count). The molecule has 2 aliphatic heterocycles. The van der Waals surface area contributed by atoms with Crippen molar-refractivity contribution in [3.05, 3.63) is 387 Å². The number of aromatic nitrogens is 1. The van der Waals surface area contributed by atoms with Gasteiger partial charge in [-0.25, -0.2) is 0 Å². The van der Waals surface area contributed by atoms with Crippen molar-refractivity contribution in [2.45, 2.75) is 52.4 Å². The van der Waals surface area contributed by atoms with Gasteiger partial charge in [-0.05, 0) is 210 Å². The number of hydrogen-bond acceptors (Lipinski definition) is 2. The summed E-state index contributed by atoms with van der Waals surface area (Å²) in [5.74, 6) is 0. The van der Waals surface area contributed by atoms with Crippen LogP contribution in [0.5, 0.6) is 0 Å². The highest BCUT2D eigenvalue weighted by molar-refractivity contribution is 7.00. The second-order valence-electron chi connectivity index (χ2n) is 32.7. The third-order valence-corrected chi connectivity index (χ3v) is 23.9. The molecule has 0 spiro atoms. The molecule has 0 saturated carbocycles. The highest BCUT2D eigenvalue weighted by Crippen LogP contribution is 2.56. The van der Waals surface area contributed by atoms with Gasteiger partial charge in [-0.2, -0.15) is 0 Å². The Balaban J connectivity index is 0.971. The van der Waals surface area contributed by atoms with Gasteiger partial charge in [-0.1, -0.05) is 345 Å². The van der Waals surface area contributed by atoms with Crippen LogP contribution in [0.3, 0.4) is 0 Å². The van der Waals surface area contributed by atoms with E-state index in [1.54, 1.807) is 0 Å². The van der Waals surface area contributed by atoms with Crippen molar-refractivity contribution in [3.63, 3.8) is 0 Å². The summed E-state index contributed by atoms with van der Waals surface area (Å²) in [4.78, 5) is 5.43. The number of anilines is 6. The Morgan fingerprint density at radius 3 is 1.00 bits per heavy atom. The van der Waals surface area contributed by atoms with Gasteiger partial charge in [0.15, 0.2) is 0 Å². The molecule has 0 bridgehead atoms. The molecule has 0 radical (unpaired) electrons. The Hall–Kier alpha value is -13.5. The van der Waals surface area contributed by atoms with Gasteiger partial charge in [0.1, 0.15) is 0 Å². The number of fused-ring (bicyclic) bond motifs is 7. The van der Waals surface area contributed by atoms with E-state index in [9.17, 15) is 0 Å². The van der Waals surface area contributed by atoms with Gasteiger partial charge in [0, 0.05) is 55.8 Å². The molecule has 2 aliphatic rings. The van der Waals surface area contributed by atoms with Crippen molar-refractivity contribution in [1.29, 1.82) is 0 Å². The van der Waals surface area contributed by atoms with E-state index in [1.165, 1.54) is 81.7 Å². The fraction of sp³-hybridized carbons (Fsp3) is 0.0741. The van der Waals surface area contributed by atoms with E-state index < -0.39 is 0 Å². The Morgan fingerprint density at radius 1 is 0.232 bits per heavy atom. The van der Waals surface area contributed by atoms with Gasteiger partial charge in [0.25, 0.3) is 6.71 Å². The highest BCUT2D eigenvalue weighted by Gasteiger charge is 2.46. The minimum atomic E-state index is -0.334. The van der Waals surface area contributed by atoms with Gasteiger partial charge < -0.3 is 14.4 Å². The molecule has 0 fully saturated rings. The van der Waals surface area contributed by atoms with Crippen LogP contribution in [-0.4, -0.2) is 11.3 Å². The van der Waals surface area contributed by atoms with Gasteiger partial charge in [-0.15, -0.1) is 0 Å². The molecule has 530 valence electrons. The van der Waals surface area contributed by atoms with Crippen LogP contribution in [-0.2, 0) is 10.8 Å². The van der Waals surface area contributed by atoms with Crippen LogP contribution >= 0.6 is 0 Å². The molecule has 1 aromatic heterocycles. The Morgan fingerprint density at radius 2 is 0.580 bits per heavy atom. The lowest BCUT2D eigenvalue weighted by Crippen LogP contribution is -2.61. The van der Waals surface area contributed by atoms with Crippen molar-refractivity contribution in [1.82, 2.24) is 4.57 Å². The zero-order valence-corrected chi connectivity index (χ0v) is 63.7. The first-order valence-electron chi connectivity index (χ1n) is 39.4. The molecule has 3 nitrogen and oxygen atoms in total. The van der Waals surface area contributed by atoms with Crippen LogP contribution in [0.15, 0.2) is 376 Å². The summed E-state index contributed by atoms with van der Waals surface area (Å²) in [6, 6.07) is 143. The highest BCUT2D eigenvalue weighted by atomic mass is 15.2. The maximum atomic E-state index is 2.73. The predicted octanol–water partition coefficient (Wildman–Crippen LogP) is 27.7. The van der Waals surface area contributed by atoms with E-state index in [0.29, 0.717) is 0 Å². The molecule has 0 unspecified atom stereocenters. The number of nitrogens with zero attached hydrogens (tertiary/aromatic N) is 3. The molecular weight excluding hydrogens is 1350 g/mol. The summed E-state index contributed by atoms with van der Waals surface area (Å²) in [5, 5.41) is 10.1. The third kappa shape index (κ3) is 10.9. The zero-order valence-electron chi connectivity index (χ0n) is 63.7. The number of rotatable bonds is 11. The Labute approximate surface area is 655 Å². The van der Waals surface area contributed by atoms with Crippen molar-refractivity contribution >= 4 is 111 Å². The summed E-state index contributed by atoms with van der Waals surface area (Å²) < 4.78 is 2.55. The van der Waals surface area contributed by atoms with E-state index in [4.69, 9.17) is 0 Å². The van der Waals surface area contributed by atoms with Crippen molar-refractivity contribution < 1.29 is 0 Å². The maximum Gasteiger partial charge on any atom is 0.252 e. The van der Waals surface area contributed by atoms with Crippen molar-refractivity contribution in [3.8, 4) is 94.7 Å². The molecule has 0 amide bonds. The molecular formula is C108H80BN3. The van der Waals surface area contributed by atoms with Crippen LogP contribution in [0.4, 0.5) is 34.1 Å². The monoisotopic (exact) mass is 1430 g/mol. The minimum Gasteiger partial charge on any atom is -0.310 e. The first-order valence-corrected chi connectivity index (χ1v) is 39.4. The smallest absolute Gasteiger partial charge is 0.252 e. The average molecular weight is 1430 g/mol. The third-order valence-electron chi connectivity index (χ3n) is 23.9. The zero-order chi connectivity index (χ0) is 75.1. The Bertz CT molecular complexity index is 6720. The summed E-state index contributed by atoms with van der Waals surface area (Å²) in [6.07, 6.45) is 0. The first kappa shape index (κ1) is 66.6. The topological polar surface area (TPSA) is 11.4 Å². The second-order valence-corrected chi connectivity index (χ2v) is 32.7.